The standard InChI is InChI=1S/C15H19F2N3/c1-2-8-18-11-14-19-9-10-20(14)12-15(16,17)13-6-4-3-5-7-13/h3-7,9-10,18H,2,8,11-12H2,1H3. The van der Waals surface area contributed by atoms with Crippen molar-refractivity contribution >= 4 is 0 Å². The molecule has 0 atom stereocenters. The lowest BCUT2D eigenvalue weighted by Gasteiger charge is -2.19. The molecule has 0 radical (unpaired) electrons. The van der Waals surface area contributed by atoms with Gasteiger partial charge in [0, 0.05) is 18.0 Å². The highest BCUT2D eigenvalue weighted by molar-refractivity contribution is 5.20. The van der Waals surface area contributed by atoms with E-state index in [1.54, 1.807) is 30.6 Å². The van der Waals surface area contributed by atoms with Gasteiger partial charge < -0.3 is 9.88 Å². The predicted octanol–water partition coefficient (Wildman–Crippen LogP) is 3.17. The van der Waals surface area contributed by atoms with Crippen LogP contribution in [0.3, 0.4) is 0 Å². The van der Waals surface area contributed by atoms with E-state index in [9.17, 15) is 8.78 Å². The van der Waals surface area contributed by atoms with Crippen LogP contribution in [0.5, 0.6) is 0 Å². The van der Waals surface area contributed by atoms with E-state index in [1.807, 2.05) is 0 Å². The Kier molecular flexibility index (Phi) is 4.84. The molecule has 1 N–H and O–H groups in total. The lowest BCUT2D eigenvalue weighted by atomic mass is 10.1. The van der Waals surface area contributed by atoms with Crippen molar-refractivity contribution in [2.24, 2.45) is 0 Å². The summed E-state index contributed by atoms with van der Waals surface area (Å²) in [4.78, 5) is 4.13. The zero-order valence-corrected chi connectivity index (χ0v) is 11.5. The Morgan fingerprint density at radius 2 is 2.00 bits per heavy atom. The van der Waals surface area contributed by atoms with Crippen LogP contribution in [-0.2, 0) is 19.0 Å². The third kappa shape index (κ3) is 3.63. The number of aromatic nitrogens is 2. The highest BCUT2D eigenvalue weighted by atomic mass is 19.3. The molecule has 0 spiro atoms. The van der Waals surface area contributed by atoms with Gasteiger partial charge in [0.15, 0.2) is 0 Å². The van der Waals surface area contributed by atoms with Gasteiger partial charge in [-0.1, -0.05) is 37.3 Å². The summed E-state index contributed by atoms with van der Waals surface area (Å²) < 4.78 is 29.9. The molecule has 3 nitrogen and oxygen atoms in total. The maximum Gasteiger partial charge on any atom is 0.290 e. The fraction of sp³-hybridized carbons (Fsp3) is 0.400. The number of halogens is 2. The quantitative estimate of drug-likeness (QED) is 0.789. The molecule has 0 fully saturated rings. The van der Waals surface area contributed by atoms with Gasteiger partial charge in [-0.15, -0.1) is 0 Å². The molecule has 0 aliphatic rings. The summed E-state index contributed by atoms with van der Waals surface area (Å²) >= 11 is 0. The fourth-order valence-electron chi connectivity index (χ4n) is 2.02. The minimum absolute atomic E-state index is 0.0289. The van der Waals surface area contributed by atoms with Crippen molar-refractivity contribution in [3.63, 3.8) is 0 Å². The lowest BCUT2D eigenvalue weighted by Crippen LogP contribution is -2.24. The van der Waals surface area contributed by atoms with E-state index in [2.05, 4.69) is 17.2 Å². The molecule has 0 bridgehead atoms. The molecule has 0 aliphatic heterocycles. The van der Waals surface area contributed by atoms with Gasteiger partial charge in [-0.3, -0.25) is 0 Å². The van der Waals surface area contributed by atoms with Crippen LogP contribution in [-0.4, -0.2) is 16.1 Å². The van der Waals surface area contributed by atoms with Gasteiger partial charge in [0.2, 0.25) is 0 Å². The number of nitrogens with zero attached hydrogens (tertiary/aromatic N) is 2. The van der Waals surface area contributed by atoms with Crippen LogP contribution in [0.4, 0.5) is 8.78 Å². The van der Waals surface area contributed by atoms with Crippen LogP contribution in [0.1, 0.15) is 24.7 Å². The summed E-state index contributed by atoms with van der Waals surface area (Å²) in [7, 11) is 0. The number of imidazole rings is 1. The first-order valence-electron chi connectivity index (χ1n) is 6.77. The number of rotatable bonds is 7. The largest absolute Gasteiger partial charge is 0.327 e. The Labute approximate surface area is 117 Å². The lowest BCUT2D eigenvalue weighted by molar-refractivity contribution is -0.0230. The molecule has 108 valence electrons. The van der Waals surface area contributed by atoms with Gasteiger partial charge in [0.1, 0.15) is 5.82 Å². The number of nitrogens with one attached hydrogen (secondary N) is 1. The average Bonchev–Trinajstić information content (AvgIpc) is 2.87. The molecule has 0 saturated carbocycles. The van der Waals surface area contributed by atoms with E-state index >= 15 is 0 Å². The Bertz CT molecular complexity index is 523. The first kappa shape index (κ1) is 14.7. The second-order valence-electron chi connectivity index (χ2n) is 4.72. The first-order valence-corrected chi connectivity index (χ1v) is 6.77. The van der Waals surface area contributed by atoms with Crippen molar-refractivity contribution in [2.75, 3.05) is 6.54 Å². The van der Waals surface area contributed by atoms with Crippen LogP contribution < -0.4 is 5.32 Å². The molecule has 2 rings (SSSR count). The fourth-order valence-corrected chi connectivity index (χ4v) is 2.02. The number of benzene rings is 1. The zero-order chi connectivity index (χ0) is 14.4. The van der Waals surface area contributed by atoms with E-state index in [0.717, 1.165) is 13.0 Å². The molecule has 1 heterocycles. The van der Waals surface area contributed by atoms with Crippen molar-refractivity contribution in [1.29, 1.82) is 0 Å². The van der Waals surface area contributed by atoms with Gasteiger partial charge in [0.05, 0.1) is 13.1 Å². The van der Waals surface area contributed by atoms with Crippen LogP contribution in [0, 0.1) is 0 Å². The summed E-state index contributed by atoms with van der Waals surface area (Å²) in [6, 6.07) is 7.89. The summed E-state index contributed by atoms with van der Waals surface area (Å²) in [6.45, 7) is 3.02. The SMILES string of the molecule is CCCNCc1nccn1CC(F)(F)c1ccccc1. The number of hydrogen-bond acceptors (Lipinski definition) is 2. The highest BCUT2D eigenvalue weighted by Gasteiger charge is 2.32. The third-order valence-electron chi connectivity index (χ3n) is 3.08. The van der Waals surface area contributed by atoms with Gasteiger partial charge >= 0.3 is 0 Å². The number of hydrogen-bond donors (Lipinski definition) is 1. The zero-order valence-electron chi connectivity index (χ0n) is 11.5. The Balaban J connectivity index is 2.08. The smallest absolute Gasteiger partial charge is 0.290 e. The number of alkyl halides is 2. The van der Waals surface area contributed by atoms with Crippen molar-refractivity contribution < 1.29 is 8.78 Å². The topological polar surface area (TPSA) is 29.9 Å². The average molecular weight is 279 g/mol. The molecule has 2 aromatic rings. The monoisotopic (exact) mass is 279 g/mol. The Hall–Kier alpha value is -1.75. The molecule has 1 aromatic carbocycles. The summed E-state index contributed by atoms with van der Waals surface area (Å²) in [5, 5.41) is 3.18. The molecule has 0 amide bonds. The molecular weight excluding hydrogens is 260 g/mol. The summed E-state index contributed by atoms with van der Waals surface area (Å²) in [5.41, 5.74) is 0.0289. The summed E-state index contributed by atoms with van der Waals surface area (Å²) in [6.07, 6.45) is 4.16. The van der Waals surface area contributed by atoms with Gasteiger partial charge in [0.25, 0.3) is 5.92 Å². The molecule has 0 aliphatic carbocycles. The van der Waals surface area contributed by atoms with Crippen molar-refractivity contribution in [3.8, 4) is 0 Å². The van der Waals surface area contributed by atoms with Crippen LogP contribution >= 0.6 is 0 Å². The van der Waals surface area contributed by atoms with Crippen molar-refractivity contribution in [3.05, 3.63) is 54.1 Å². The van der Waals surface area contributed by atoms with Crippen LogP contribution in [0.25, 0.3) is 0 Å². The normalized spacial score (nSPS) is 11.8. The van der Waals surface area contributed by atoms with Gasteiger partial charge in [-0.2, -0.15) is 8.78 Å². The Morgan fingerprint density at radius 3 is 2.70 bits per heavy atom. The maximum atomic E-state index is 14.2. The Morgan fingerprint density at radius 1 is 1.25 bits per heavy atom. The van der Waals surface area contributed by atoms with Gasteiger partial charge in [-0.25, -0.2) is 4.98 Å². The predicted molar refractivity (Wildman–Crippen MR) is 74.6 cm³/mol. The third-order valence-corrected chi connectivity index (χ3v) is 3.08. The molecule has 0 unspecified atom stereocenters. The van der Waals surface area contributed by atoms with E-state index in [1.165, 1.54) is 16.7 Å². The van der Waals surface area contributed by atoms with E-state index < -0.39 is 5.92 Å². The maximum absolute atomic E-state index is 14.2. The second-order valence-corrected chi connectivity index (χ2v) is 4.72. The van der Waals surface area contributed by atoms with E-state index in [4.69, 9.17) is 0 Å². The molecule has 1 aromatic heterocycles. The molecule has 20 heavy (non-hydrogen) atoms. The van der Waals surface area contributed by atoms with Crippen LogP contribution in [0.15, 0.2) is 42.7 Å². The van der Waals surface area contributed by atoms with Crippen molar-refractivity contribution in [1.82, 2.24) is 14.9 Å². The van der Waals surface area contributed by atoms with E-state index in [0.29, 0.717) is 12.4 Å². The minimum atomic E-state index is -2.90. The minimum Gasteiger partial charge on any atom is -0.327 e. The molecule has 5 heteroatoms. The molecule has 0 saturated heterocycles. The highest BCUT2D eigenvalue weighted by Crippen LogP contribution is 2.29. The van der Waals surface area contributed by atoms with Gasteiger partial charge in [-0.05, 0) is 13.0 Å². The first-order chi connectivity index (χ1) is 9.63. The van der Waals surface area contributed by atoms with Crippen LogP contribution in [0.2, 0.25) is 0 Å². The van der Waals surface area contributed by atoms with Crippen molar-refractivity contribution in [2.45, 2.75) is 32.4 Å². The second kappa shape index (κ2) is 6.61. The summed E-state index contributed by atoms with van der Waals surface area (Å²) in [5.74, 6) is -2.27. The van der Waals surface area contributed by atoms with E-state index in [-0.39, 0.29) is 12.1 Å². The molecular formula is C15H19F2N3.